The minimum Gasteiger partial charge on any atom is -0.355 e. The maximum atomic E-state index is 12.2. The van der Waals surface area contributed by atoms with Crippen LogP contribution < -0.4 is 5.32 Å². The summed E-state index contributed by atoms with van der Waals surface area (Å²) in [7, 11) is 0. The van der Waals surface area contributed by atoms with Crippen molar-refractivity contribution in [1.29, 1.82) is 0 Å². The second-order valence-electron chi connectivity index (χ2n) is 4.76. The Morgan fingerprint density at radius 3 is 2.45 bits per heavy atom. The number of likely N-dealkylation sites (N-methyl/N-ethyl adjacent to an activating group) is 1. The van der Waals surface area contributed by atoms with Gasteiger partial charge in [0.05, 0.1) is 6.54 Å². The number of aromatic nitrogens is 1. The molecule has 0 radical (unpaired) electrons. The summed E-state index contributed by atoms with van der Waals surface area (Å²) in [6, 6.07) is 3.45. The number of piperazine rings is 1. The lowest BCUT2D eigenvalue weighted by atomic mass is 10.2. The van der Waals surface area contributed by atoms with Gasteiger partial charge in [-0.1, -0.05) is 0 Å². The van der Waals surface area contributed by atoms with Gasteiger partial charge in [0.2, 0.25) is 5.91 Å². The molecule has 1 aliphatic heterocycles. The van der Waals surface area contributed by atoms with E-state index in [2.05, 4.69) is 15.2 Å². The summed E-state index contributed by atoms with van der Waals surface area (Å²) in [6.07, 6.45) is 3.25. The molecule has 0 bridgehead atoms. The zero-order valence-corrected chi connectivity index (χ0v) is 11.7. The number of carbonyl (C=O) groups is 2. The highest BCUT2D eigenvalue weighted by Gasteiger charge is 2.22. The third-order valence-electron chi connectivity index (χ3n) is 3.33. The van der Waals surface area contributed by atoms with Gasteiger partial charge in [-0.3, -0.25) is 19.5 Å². The summed E-state index contributed by atoms with van der Waals surface area (Å²) >= 11 is 0. The molecule has 0 spiro atoms. The van der Waals surface area contributed by atoms with Crippen LogP contribution >= 0.6 is 0 Å². The lowest BCUT2D eigenvalue weighted by Gasteiger charge is -2.34. The molecule has 0 unspecified atom stereocenters. The van der Waals surface area contributed by atoms with Crippen LogP contribution in [0.4, 0.5) is 0 Å². The first kappa shape index (κ1) is 14.5. The van der Waals surface area contributed by atoms with E-state index in [0.717, 1.165) is 13.1 Å². The fraction of sp³-hybridized carbons (Fsp3) is 0.500. The van der Waals surface area contributed by atoms with Crippen molar-refractivity contribution in [2.45, 2.75) is 6.92 Å². The first-order valence-electron chi connectivity index (χ1n) is 6.89. The average Bonchev–Trinajstić information content (AvgIpc) is 2.48. The molecule has 0 aromatic carbocycles. The number of nitrogens with zero attached hydrogens (tertiary/aromatic N) is 3. The van der Waals surface area contributed by atoms with E-state index in [1.54, 1.807) is 24.5 Å². The highest BCUT2D eigenvalue weighted by atomic mass is 16.2. The molecule has 2 rings (SSSR count). The molecule has 6 nitrogen and oxygen atoms in total. The van der Waals surface area contributed by atoms with Crippen molar-refractivity contribution >= 4 is 11.8 Å². The van der Waals surface area contributed by atoms with Gasteiger partial charge in [-0.15, -0.1) is 0 Å². The standard InChI is InChI=1S/C14H20N4O2/c1-2-16-13(19)11-17-7-9-18(10-8-17)14(20)12-3-5-15-6-4-12/h3-6H,2,7-11H2,1H3,(H,16,19). The van der Waals surface area contributed by atoms with Crippen molar-refractivity contribution in [1.82, 2.24) is 20.1 Å². The molecule has 6 heteroatoms. The number of amides is 2. The number of pyridine rings is 1. The van der Waals surface area contributed by atoms with Crippen molar-refractivity contribution in [2.75, 3.05) is 39.3 Å². The Hall–Kier alpha value is -1.95. The van der Waals surface area contributed by atoms with Crippen LogP contribution in [0, 0.1) is 0 Å². The number of hydrogen-bond donors (Lipinski definition) is 1. The number of rotatable bonds is 4. The van der Waals surface area contributed by atoms with Gasteiger partial charge in [0.1, 0.15) is 0 Å². The first-order chi connectivity index (χ1) is 9.70. The quantitative estimate of drug-likeness (QED) is 0.839. The van der Waals surface area contributed by atoms with Crippen LogP contribution in [0.2, 0.25) is 0 Å². The Morgan fingerprint density at radius 1 is 1.20 bits per heavy atom. The summed E-state index contributed by atoms with van der Waals surface area (Å²) in [5.41, 5.74) is 0.664. The minimum absolute atomic E-state index is 0.0325. The molecule has 1 aliphatic rings. The Bertz CT molecular complexity index is 456. The largest absolute Gasteiger partial charge is 0.355 e. The lowest BCUT2D eigenvalue weighted by molar-refractivity contribution is -0.122. The SMILES string of the molecule is CCNC(=O)CN1CCN(C(=O)c2ccncc2)CC1. The van der Waals surface area contributed by atoms with Gasteiger partial charge in [-0.25, -0.2) is 0 Å². The number of hydrogen-bond acceptors (Lipinski definition) is 4. The molecule has 1 saturated heterocycles. The second kappa shape index (κ2) is 7.00. The van der Waals surface area contributed by atoms with Crippen LogP contribution in [0.5, 0.6) is 0 Å². The molecule has 0 aliphatic carbocycles. The van der Waals surface area contributed by atoms with Crippen LogP contribution in [0.15, 0.2) is 24.5 Å². The van der Waals surface area contributed by atoms with Gasteiger partial charge in [-0.05, 0) is 19.1 Å². The summed E-state index contributed by atoms with van der Waals surface area (Å²) in [4.78, 5) is 31.5. The van der Waals surface area contributed by atoms with Gasteiger partial charge < -0.3 is 10.2 Å². The molecule has 20 heavy (non-hydrogen) atoms. The van der Waals surface area contributed by atoms with Gasteiger partial charge >= 0.3 is 0 Å². The summed E-state index contributed by atoms with van der Waals surface area (Å²) in [5, 5.41) is 2.78. The number of carbonyl (C=O) groups excluding carboxylic acids is 2. The fourth-order valence-electron chi connectivity index (χ4n) is 2.24. The van der Waals surface area contributed by atoms with Crippen LogP contribution in [0.1, 0.15) is 17.3 Å². The maximum absolute atomic E-state index is 12.2. The predicted octanol–water partition coefficient (Wildman–Crippen LogP) is -0.0245. The van der Waals surface area contributed by atoms with Crippen molar-refractivity contribution in [3.63, 3.8) is 0 Å². The van der Waals surface area contributed by atoms with Crippen LogP contribution in [0.25, 0.3) is 0 Å². The summed E-state index contributed by atoms with van der Waals surface area (Å²) in [5.74, 6) is 0.0754. The Labute approximate surface area is 118 Å². The third kappa shape index (κ3) is 3.77. The average molecular weight is 276 g/mol. The maximum Gasteiger partial charge on any atom is 0.254 e. The Kier molecular flexibility index (Phi) is 5.06. The van der Waals surface area contributed by atoms with E-state index in [1.807, 2.05) is 11.8 Å². The molecule has 108 valence electrons. The molecule has 0 atom stereocenters. The second-order valence-corrected chi connectivity index (χ2v) is 4.76. The molecular formula is C14H20N4O2. The van der Waals surface area contributed by atoms with E-state index in [1.165, 1.54) is 0 Å². The van der Waals surface area contributed by atoms with Crippen LogP contribution in [-0.4, -0.2) is 65.9 Å². The molecular weight excluding hydrogens is 256 g/mol. The predicted molar refractivity (Wildman–Crippen MR) is 75.3 cm³/mol. The first-order valence-corrected chi connectivity index (χ1v) is 6.89. The Balaban J connectivity index is 1.82. The Morgan fingerprint density at radius 2 is 1.85 bits per heavy atom. The van der Waals surface area contributed by atoms with E-state index in [4.69, 9.17) is 0 Å². The van der Waals surface area contributed by atoms with E-state index < -0.39 is 0 Å². The highest BCUT2D eigenvalue weighted by molar-refractivity contribution is 5.94. The molecule has 1 aromatic heterocycles. The lowest BCUT2D eigenvalue weighted by Crippen LogP contribution is -2.51. The van der Waals surface area contributed by atoms with Crippen LogP contribution in [-0.2, 0) is 4.79 Å². The molecule has 2 amide bonds. The van der Waals surface area contributed by atoms with Crippen molar-refractivity contribution in [2.24, 2.45) is 0 Å². The fourth-order valence-corrected chi connectivity index (χ4v) is 2.24. The summed E-state index contributed by atoms with van der Waals surface area (Å²) < 4.78 is 0. The van der Waals surface area contributed by atoms with Gasteiger partial charge in [0.25, 0.3) is 5.91 Å². The minimum atomic E-state index is 0.0325. The summed E-state index contributed by atoms with van der Waals surface area (Å²) in [6.45, 7) is 5.73. The smallest absolute Gasteiger partial charge is 0.254 e. The highest BCUT2D eigenvalue weighted by Crippen LogP contribution is 2.07. The van der Waals surface area contributed by atoms with Gasteiger partial charge in [0, 0.05) is 50.7 Å². The zero-order chi connectivity index (χ0) is 14.4. The topological polar surface area (TPSA) is 65.5 Å². The van der Waals surface area contributed by atoms with Crippen LogP contribution in [0.3, 0.4) is 0 Å². The van der Waals surface area contributed by atoms with E-state index in [-0.39, 0.29) is 11.8 Å². The molecule has 1 aromatic rings. The van der Waals surface area contributed by atoms with Gasteiger partial charge in [0.15, 0.2) is 0 Å². The van der Waals surface area contributed by atoms with E-state index in [0.29, 0.717) is 31.7 Å². The van der Waals surface area contributed by atoms with Crippen molar-refractivity contribution < 1.29 is 9.59 Å². The molecule has 1 fully saturated rings. The van der Waals surface area contributed by atoms with Crippen molar-refractivity contribution in [3.05, 3.63) is 30.1 Å². The molecule has 1 N–H and O–H groups in total. The number of nitrogens with one attached hydrogen (secondary N) is 1. The zero-order valence-electron chi connectivity index (χ0n) is 11.7. The van der Waals surface area contributed by atoms with Gasteiger partial charge in [-0.2, -0.15) is 0 Å². The van der Waals surface area contributed by atoms with E-state index in [9.17, 15) is 9.59 Å². The molecule has 0 saturated carbocycles. The van der Waals surface area contributed by atoms with E-state index >= 15 is 0 Å². The molecule has 2 heterocycles. The third-order valence-corrected chi connectivity index (χ3v) is 3.33. The monoisotopic (exact) mass is 276 g/mol. The van der Waals surface area contributed by atoms with Crippen molar-refractivity contribution in [3.8, 4) is 0 Å². The normalized spacial score (nSPS) is 15.9.